The van der Waals surface area contributed by atoms with Gasteiger partial charge < -0.3 is 9.64 Å². The van der Waals surface area contributed by atoms with Crippen LogP contribution in [0.1, 0.15) is 46.0 Å². The zero-order valence-corrected chi connectivity index (χ0v) is 14.6. The molecule has 1 heterocycles. The zero-order chi connectivity index (χ0) is 18.1. The molecule has 0 aromatic heterocycles. The number of ether oxygens (including phenoxy) is 1. The van der Waals surface area contributed by atoms with Crippen molar-refractivity contribution < 1.29 is 27.5 Å². The van der Waals surface area contributed by atoms with Gasteiger partial charge in [0.2, 0.25) is 5.24 Å². The van der Waals surface area contributed by atoms with Crippen LogP contribution >= 0.6 is 11.6 Å². The van der Waals surface area contributed by atoms with Crippen LogP contribution in [0.25, 0.3) is 0 Å². The third kappa shape index (κ3) is 3.72. The fraction of sp³-hybridized carbons (Fsp3) is 0.875. The Kier molecular flexibility index (Phi) is 5.85. The maximum atomic E-state index is 13.1. The molecule has 0 aromatic rings. The highest BCUT2D eigenvalue weighted by Gasteiger charge is 2.53. The van der Waals surface area contributed by atoms with E-state index in [1.807, 2.05) is 13.8 Å². The van der Waals surface area contributed by atoms with Crippen LogP contribution in [0, 0.1) is 11.3 Å². The average molecular weight is 370 g/mol. The summed E-state index contributed by atoms with van der Waals surface area (Å²) in [5, 5.41) is -0.522. The molecule has 0 unspecified atom stereocenters. The number of carbonyl (C=O) groups excluding carboxylic acids is 2. The van der Waals surface area contributed by atoms with Crippen molar-refractivity contribution in [2.24, 2.45) is 11.3 Å². The minimum absolute atomic E-state index is 0.0926. The molecule has 1 aliphatic carbocycles. The van der Waals surface area contributed by atoms with Crippen molar-refractivity contribution in [3.05, 3.63) is 0 Å². The van der Waals surface area contributed by atoms with Crippen molar-refractivity contribution in [3.63, 3.8) is 0 Å². The van der Waals surface area contributed by atoms with Gasteiger partial charge in [-0.15, -0.1) is 0 Å². The van der Waals surface area contributed by atoms with Gasteiger partial charge in [0.15, 0.2) is 0 Å². The molecule has 24 heavy (non-hydrogen) atoms. The van der Waals surface area contributed by atoms with Gasteiger partial charge in [0.05, 0.1) is 0 Å². The first-order chi connectivity index (χ1) is 11.1. The second-order valence-electron chi connectivity index (χ2n) is 7.03. The molecule has 0 spiro atoms. The predicted molar refractivity (Wildman–Crippen MR) is 82.5 cm³/mol. The quantitative estimate of drug-likeness (QED) is 0.712. The van der Waals surface area contributed by atoms with E-state index in [4.69, 9.17) is 16.3 Å². The van der Waals surface area contributed by atoms with Gasteiger partial charge >= 0.3 is 12.1 Å². The number of hydrogen-bond donors (Lipinski definition) is 0. The molecule has 2 fully saturated rings. The van der Waals surface area contributed by atoms with Crippen LogP contribution in [-0.4, -0.2) is 47.5 Å². The molecule has 1 saturated carbocycles. The Morgan fingerprint density at radius 2 is 1.75 bits per heavy atom. The average Bonchev–Trinajstić information content (AvgIpc) is 2.94. The highest BCUT2D eigenvalue weighted by atomic mass is 35.5. The summed E-state index contributed by atoms with van der Waals surface area (Å²) >= 11 is 5.78. The Hall–Kier alpha value is -0.820. The van der Waals surface area contributed by atoms with Crippen molar-refractivity contribution in [2.75, 3.05) is 13.2 Å². The van der Waals surface area contributed by atoms with E-state index in [1.54, 1.807) is 0 Å². The molecule has 8 heteroatoms. The van der Waals surface area contributed by atoms with Crippen LogP contribution in [-0.2, 0) is 14.3 Å². The number of halogens is 4. The highest BCUT2D eigenvalue weighted by molar-refractivity contribution is 6.64. The summed E-state index contributed by atoms with van der Waals surface area (Å²) in [6.07, 6.45) is -3.22. The normalized spacial score (nSPS) is 29.0. The summed E-state index contributed by atoms with van der Waals surface area (Å²) in [5.74, 6) is -1.91. The zero-order valence-electron chi connectivity index (χ0n) is 13.9. The van der Waals surface area contributed by atoms with E-state index in [2.05, 4.69) is 0 Å². The van der Waals surface area contributed by atoms with Gasteiger partial charge in [-0.1, -0.05) is 13.8 Å². The molecule has 0 aromatic carbocycles. The van der Waals surface area contributed by atoms with Crippen molar-refractivity contribution in [1.82, 2.24) is 4.90 Å². The van der Waals surface area contributed by atoms with E-state index in [0.717, 1.165) is 4.90 Å². The summed E-state index contributed by atoms with van der Waals surface area (Å²) in [7, 11) is 0. The Morgan fingerprint density at radius 1 is 1.17 bits per heavy atom. The fourth-order valence-corrected chi connectivity index (χ4v) is 4.35. The summed E-state index contributed by atoms with van der Waals surface area (Å²) in [6, 6.07) is -1.13. The molecule has 0 radical (unpaired) electrons. The van der Waals surface area contributed by atoms with Crippen LogP contribution in [0.5, 0.6) is 0 Å². The predicted octanol–water partition coefficient (Wildman–Crippen LogP) is 3.52. The number of hydrogen-bond acceptors (Lipinski definition) is 3. The van der Waals surface area contributed by atoms with Gasteiger partial charge in [0.1, 0.15) is 0 Å². The van der Waals surface area contributed by atoms with Crippen LogP contribution < -0.4 is 0 Å². The molecule has 1 amide bonds. The van der Waals surface area contributed by atoms with Gasteiger partial charge in [-0.2, -0.15) is 13.2 Å². The van der Waals surface area contributed by atoms with Gasteiger partial charge in [0.25, 0.3) is 0 Å². The third-order valence-electron chi connectivity index (χ3n) is 5.47. The third-order valence-corrected chi connectivity index (χ3v) is 5.85. The van der Waals surface area contributed by atoms with E-state index < -0.39 is 34.8 Å². The molecule has 4 nitrogen and oxygen atoms in total. The van der Waals surface area contributed by atoms with E-state index in [1.165, 1.54) is 0 Å². The smallest absolute Gasteiger partial charge is 0.381 e. The number of rotatable bonds is 4. The van der Waals surface area contributed by atoms with E-state index in [-0.39, 0.29) is 12.3 Å². The number of alkyl halides is 3. The Morgan fingerprint density at radius 3 is 2.17 bits per heavy atom. The van der Waals surface area contributed by atoms with Crippen LogP contribution in [0.15, 0.2) is 0 Å². The van der Waals surface area contributed by atoms with E-state index in [9.17, 15) is 22.8 Å². The first kappa shape index (κ1) is 19.5. The molecule has 138 valence electrons. The maximum Gasteiger partial charge on any atom is 0.471 e. The first-order valence-electron chi connectivity index (χ1n) is 8.27. The van der Waals surface area contributed by atoms with Crippen molar-refractivity contribution >= 4 is 22.8 Å². The van der Waals surface area contributed by atoms with Crippen molar-refractivity contribution in [3.8, 4) is 0 Å². The minimum atomic E-state index is -4.92. The molecule has 2 rings (SSSR count). The Balaban J connectivity index is 2.28. The van der Waals surface area contributed by atoms with Crippen molar-refractivity contribution in [1.29, 1.82) is 0 Å². The Labute approximate surface area is 144 Å². The number of nitrogens with zero attached hydrogens (tertiary/aromatic N) is 1. The van der Waals surface area contributed by atoms with Crippen LogP contribution in [0.2, 0.25) is 0 Å². The molecule has 0 N–H and O–H groups in total. The molecule has 2 atom stereocenters. The van der Waals surface area contributed by atoms with Crippen molar-refractivity contribution in [2.45, 2.75) is 64.2 Å². The standard InChI is InChI=1S/C16H23ClF3NO3/c1-10(2)15(13(17)22)6-3-12(9-15)21(14(23)16(18,19)20)11-4-7-24-8-5-11/h10-12H,3-9H2,1-2H3/t12-,15+/m1/s1. The number of amides is 1. The molecular weight excluding hydrogens is 347 g/mol. The summed E-state index contributed by atoms with van der Waals surface area (Å²) in [6.45, 7) is 4.35. The summed E-state index contributed by atoms with van der Waals surface area (Å²) in [5.41, 5.74) is -0.860. The largest absolute Gasteiger partial charge is 0.471 e. The first-order valence-corrected chi connectivity index (χ1v) is 8.64. The van der Waals surface area contributed by atoms with Gasteiger partial charge in [0, 0.05) is 30.7 Å². The van der Waals surface area contributed by atoms with E-state index in [0.29, 0.717) is 38.9 Å². The van der Waals surface area contributed by atoms with Gasteiger partial charge in [-0.05, 0) is 49.6 Å². The lowest BCUT2D eigenvalue weighted by Crippen LogP contribution is -2.53. The number of carbonyl (C=O) groups is 2. The minimum Gasteiger partial charge on any atom is -0.381 e. The maximum absolute atomic E-state index is 13.1. The molecule has 2 aliphatic rings. The lowest BCUT2D eigenvalue weighted by Gasteiger charge is -2.40. The Bertz CT molecular complexity index is 491. The monoisotopic (exact) mass is 369 g/mol. The second kappa shape index (κ2) is 7.20. The molecule has 1 saturated heterocycles. The SMILES string of the molecule is CC(C)[C@]1(C(=O)Cl)CC[C@@H](N(C(=O)C(F)(F)F)C2CCOCC2)C1. The summed E-state index contributed by atoms with van der Waals surface area (Å²) in [4.78, 5) is 24.9. The van der Waals surface area contributed by atoms with Crippen LogP contribution in [0.4, 0.5) is 13.2 Å². The lowest BCUT2D eigenvalue weighted by molar-refractivity contribution is -0.192. The second-order valence-corrected chi connectivity index (χ2v) is 7.38. The van der Waals surface area contributed by atoms with E-state index >= 15 is 0 Å². The van der Waals surface area contributed by atoms with Crippen LogP contribution in [0.3, 0.4) is 0 Å². The lowest BCUT2D eigenvalue weighted by atomic mass is 9.76. The van der Waals surface area contributed by atoms with Gasteiger partial charge in [-0.25, -0.2) is 0 Å². The fourth-order valence-electron chi connectivity index (χ4n) is 3.96. The molecule has 0 bridgehead atoms. The summed E-state index contributed by atoms with van der Waals surface area (Å²) < 4.78 is 44.5. The molecular formula is C16H23ClF3NO3. The molecule has 1 aliphatic heterocycles. The topological polar surface area (TPSA) is 46.6 Å². The highest BCUT2D eigenvalue weighted by Crippen LogP contribution is 2.48. The van der Waals surface area contributed by atoms with Gasteiger partial charge in [-0.3, -0.25) is 9.59 Å².